The van der Waals surface area contributed by atoms with E-state index in [-0.39, 0.29) is 5.56 Å². The van der Waals surface area contributed by atoms with Crippen LogP contribution < -0.4 is 5.56 Å². The number of fused-ring (bicyclic) bond motifs is 3. The van der Waals surface area contributed by atoms with Crippen LogP contribution in [0.5, 0.6) is 0 Å². The predicted molar refractivity (Wildman–Crippen MR) is 136 cm³/mol. The van der Waals surface area contributed by atoms with Crippen molar-refractivity contribution in [1.82, 2.24) is 19.7 Å². The SMILES string of the molecule is O=c1c2c3c(sc2nc(SCc2nnc(-c4ccccc4)o2)n1-c1ccc(Cl)cc1)CCCC3. The molecule has 0 bridgehead atoms. The molecule has 170 valence electrons. The van der Waals surface area contributed by atoms with Crippen LogP contribution >= 0.6 is 34.7 Å². The van der Waals surface area contributed by atoms with Crippen LogP contribution in [0.2, 0.25) is 5.02 Å². The number of thiophene rings is 1. The molecule has 0 aliphatic heterocycles. The molecule has 0 saturated carbocycles. The van der Waals surface area contributed by atoms with Crippen LogP contribution in [-0.2, 0) is 18.6 Å². The minimum Gasteiger partial charge on any atom is -0.420 e. The molecule has 0 amide bonds. The Morgan fingerprint density at radius 2 is 1.82 bits per heavy atom. The third-order valence-corrected chi connectivity index (χ3v) is 8.22. The number of rotatable bonds is 5. The van der Waals surface area contributed by atoms with Crippen LogP contribution in [0.1, 0.15) is 29.2 Å². The number of nitrogens with zero attached hydrogens (tertiary/aromatic N) is 4. The first kappa shape index (κ1) is 21.6. The van der Waals surface area contributed by atoms with Gasteiger partial charge in [0.15, 0.2) is 5.16 Å². The molecule has 1 aliphatic carbocycles. The van der Waals surface area contributed by atoms with Gasteiger partial charge in [-0.1, -0.05) is 41.6 Å². The summed E-state index contributed by atoms with van der Waals surface area (Å²) < 4.78 is 7.54. The smallest absolute Gasteiger partial charge is 0.267 e. The van der Waals surface area contributed by atoms with Crippen molar-refractivity contribution in [2.24, 2.45) is 0 Å². The average molecular weight is 507 g/mol. The second kappa shape index (κ2) is 9.02. The highest BCUT2D eigenvalue weighted by atomic mass is 35.5. The lowest BCUT2D eigenvalue weighted by Crippen LogP contribution is -2.22. The van der Waals surface area contributed by atoms with Gasteiger partial charge >= 0.3 is 0 Å². The van der Waals surface area contributed by atoms with Gasteiger partial charge in [-0.3, -0.25) is 9.36 Å². The van der Waals surface area contributed by atoms with E-state index >= 15 is 0 Å². The van der Waals surface area contributed by atoms with Crippen LogP contribution in [0, 0.1) is 0 Å². The van der Waals surface area contributed by atoms with Crippen molar-refractivity contribution in [3.63, 3.8) is 0 Å². The molecule has 6 rings (SSSR count). The van der Waals surface area contributed by atoms with Crippen molar-refractivity contribution in [2.75, 3.05) is 0 Å². The van der Waals surface area contributed by atoms with Gasteiger partial charge in [-0.05, 0) is 67.6 Å². The van der Waals surface area contributed by atoms with Gasteiger partial charge in [0, 0.05) is 15.5 Å². The molecule has 9 heteroatoms. The molecule has 5 aromatic rings. The molecule has 34 heavy (non-hydrogen) atoms. The number of benzene rings is 2. The molecule has 0 unspecified atom stereocenters. The Hall–Kier alpha value is -2.94. The van der Waals surface area contributed by atoms with E-state index in [9.17, 15) is 4.79 Å². The summed E-state index contributed by atoms with van der Waals surface area (Å²) in [4.78, 5) is 20.8. The number of hydrogen-bond acceptors (Lipinski definition) is 7. The van der Waals surface area contributed by atoms with Gasteiger partial charge in [-0.25, -0.2) is 4.98 Å². The fourth-order valence-corrected chi connectivity index (χ4v) is 6.51. The molecule has 6 nitrogen and oxygen atoms in total. The fraction of sp³-hybridized carbons (Fsp3) is 0.200. The summed E-state index contributed by atoms with van der Waals surface area (Å²) in [5, 5.41) is 10.3. The Balaban J connectivity index is 1.41. The molecule has 0 atom stereocenters. The minimum atomic E-state index is -0.0373. The van der Waals surface area contributed by atoms with Gasteiger partial charge in [0.2, 0.25) is 11.8 Å². The minimum absolute atomic E-state index is 0.0373. The normalized spacial score (nSPS) is 13.3. The zero-order valence-electron chi connectivity index (χ0n) is 18.0. The molecular formula is C25H19ClN4O2S2. The van der Waals surface area contributed by atoms with Crippen molar-refractivity contribution in [1.29, 1.82) is 0 Å². The molecule has 0 radical (unpaired) electrons. The third-order valence-electron chi connectivity index (χ3n) is 5.86. The number of aromatic nitrogens is 4. The molecule has 3 heterocycles. The molecule has 0 N–H and O–H groups in total. The largest absolute Gasteiger partial charge is 0.420 e. The van der Waals surface area contributed by atoms with Gasteiger partial charge in [0.05, 0.1) is 16.8 Å². The second-order valence-electron chi connectivity index (χ2n) is 8.06. The summed E-state index contributed by atoms with van der Waals surface area (Å²) >= 11 is 9.17. The molecule has 0 fully saturated rings. The first-order valence-corrected chi connectivity index (χ1v) is 13.2. The predicted octanol–water partition coefficient (Wildman–Crippen LogP) is 6.32. The number of halogens is 1. The maximum Gasteiger partial charge on any atom is 0.267 e. The topological polar surface area (TPSA) is 73.8 Å². The highest BCUT2D eigenvalue weighted by molar-refractivity contribution is 7.98. The van der Waals surface area contributed by atoms with Gasteiger partial charge in [0.1, 0.15) is 4.83 Å². The van der Waals surface area contributed by atoms with E-state index in [1.54, 1.807) is 28.0 Å². The highest BCUT2D eigenvalue weighted by Crippen LogP contribution is 2.35. The zero-order valence-corrected chi connectivity index (χ0v) is 20.4. The molecule has 1 aliphatic rings. The van der Waals surface area contributed by atoms with Gasteiger partial charge in [0.25, 0.3) is 5.56 Å². The maximum absolute atomic E-state index is 13.8. The van der Waals surface area contributed by atoms with Crippen LogP contribution in [-0.4, -0.2) is 19.7 Å². The van der Waals surface area contributed by atoms with E-state index in [0.717, 1.165) is 47.2 Å². The first-order chi connectivity index (χ1) is 16.7. The quantitative estimate of drug-likeness (QED) is 0.205. The number of thioether (sulfide) groups is 1. The summed E-state index contributed by atoms with van der Waals surface area (Å²) in [7, 11) is 0. The Morgan fingerprint density at radius 3 is 2.65 bits per heavy atom. The Morgan fingerprint density at radius 1 is 1.03 bits per heavy atom. The summed E-state index contributed by atoms with van der Waals surface area (Å²) in [6.45, 7) is 0. The molecule has 0 spiro atoms. The summed E-state index contributed by atoms with van der Waals surface area (Å²) in [5.74, 6) is 1.35. The van der Waals surface area contributed by atoms with Crippen molar-refractivity contribution < 1.29 is 4.42 Å². The van der Waals surface area contributed by atoms with Gasteiger partial charge in [-0.2, -0.15) is 0 Å². The van der Waals surface area contributed by atoms with Crippen molar-refractivity contribution in [2.45, 2.75) is 36.6 Å². The van der Waals surface area contributed by atoms with Crippen molar-refractivity contribution in [3.05, 3.63) is 86.3 Å². The van der Waals surface area contributed by atoms with E-state index in [4.69, 9.17) is 21.0 Å². The lowest BCUT2D eigenvalue weighted by Gasteiger charge is -2.13. The lowest BCUT2D eigenvalue weighted by molar-refractivity contribution is 0.528. The van der Waals surface area contributed by atoms with Crippen LogP contribution in [0.15, 0.2) is 69.0 Å². The Kier molecular flexibility index (Phi) is 5.72. The average Bonchev–Trinajstić information content (AvgIpc) is 3.49. The Labute approximate surface area is 208 Å². The molecule has 3 aromatic heterocycles. The monoisotopic (exact) mass is 506 g/mol. The standard InChI is InChI=1S/C25H19ClN4O2S2/c26-16-10-12-17(13-11-16)30-24(31)21-18-8-4-5-9-19(18)34-23(21)27-25(30)33-14-20-28-29-22(32-20)15-6-2-1-3-7-15/h1-3,6-7,10-13H,4-5,8-9,14H2. The Bertz CT molecular complexity index is 1540. The van der Waals surface area contributed by atoms with E-state index in [1.807, 2.05) is 42.5 Å². The molecule has 0 saturated heterocycles. The van der Waals surface area contributed by atoms with Crippen LogP contribution in [0.4, 0.5) is 0 Å². The van der Waals surface area contributed by atoms with Crippen molar-refractivity contribution in [3.8, 4) is 17.1 Å². The summed E-state index contributed by atoms with van der Waals surface area (Å²) in [6.07, 6.45) is 4.22. The lowest BCUT2D eigenvalue weighted by atomic mass is 9.97. The first-order valence-electron chi connectivity index (χ1n) is 11.0. The summed E-state index contributed by atoms with van der Waals surface area (Å²) in [5.41, 5.74) is 2.74. The van der Waals surface area contributed by atoms with Gasteiger partial charge in [-0.15, -0.1) is 21.5 Å². The summed E-state index contributed by atoms with van der Waals surface area (Å²) in [6, 6.07) is 16.9. The second-order valence-corrected chi connectivity index (χ2v) is 10.5. The molecule has 2 aromatic carbocycles. The van der Waals surface area contributed by atoms with E-state index in [2.05, 4.69) is 10.2 Å². The van der Waals surface area contributed by atoms with Crippen LogP contribution in [0.25, 0.3) is 27.4 Å². The van der Waals surface area contributed by atoms with Crippen LogP contribution in [0.3, 0.4) is 0 Å². The number of hydrogen-bond donors (Lipinski definition) is 0. The zero-order chi connectivity index (χ0) is 23.1. The number of aryl methyl sites for hydroxylation is 2. The van der Waals surface area contributed by atoms with Crippen molar-refractivity contribution >= 4 is 44.9 Å². The van der Waals surface area contributed by atoms with E-state index in [0.29, 0.717) is 27.7 Å². The van der Waals surface area contributed by atoms with E-state index < -0.39 is 0 Å². The fourth-order valence-electron chi connectivity index (χ4n) is 4.24. The van der Waals surface area contributed by atoms with Gasteiger partial charge < -0.3 is 4.42 Å². The maximum atomic E-state index is 13.8. The highest BCUT2D eigenvalue weighted by Gasteiger charge is 2.23. The molecular weight excluding hydrogens is 488 g/mol. The van der Waals surface area contributed by atoms with E-state index in [1.165, 1.54) is 22.2 Å². The third kappa shape index (κ3) is 3.96.